The van der Waals surface area contributed by atoms with Gasteiger partial charge in [-0.05, 0) is 59.9 Å². The quantitative estimate of drug-likeness (QED) is 0.284. The molecule has 3 aromatic rings. The van der Waals surface area contributed by atoms with Gasteiger partial charge in [0.15, 0.2) is 5.78 Å². The number of hydrogen-bond donors (Lipinski definition) is 3. The molecule has 198 valence electrons. The fraction of sp³-hybridized carbons (Fsp3) is 0.222. The molecule has 0 aliphatic heterocycles. The topological polar surface area (TPSA) is 95.5 Å². The van der Waals surface area contributed by atoms with Crippen LogP contribution in [0.1, 0.15) is 35.2 Å². The Kier molecular flexibility index (Phi) is 7.71. The number of hydrogen-bond acceptors (Lipinski definition) is 3. The summed E-state index contributed by atoms with van der Waals surface area (Å²) < 4.78 is 39.7. The number of alkyl halides is 3. The summed E-state index contributed by atoms with van der Waals surface area (Å²) in [4.78, 5) is 36.7. The van der Waals surface area contributed by atoms with E-state index in [9.17, 15) is 32.7 Å². The third-order valence-corrected chi connectivity index (χ3v) is 6.77. The number of Topliss-reactive ketones (excluding diaryl/α,β-unsaturated/α-hetero) is 1. The van der Waals surface area contributed by atoms with Crippen LogP contribution in [0.5, 0.6) is 0 Å². The van der Waals surface area contributed by atoms with Gasteiger partial charge in [0.2, 0.25) is 0 Å². The zero-order valence-corrected chi connectivity index (χ0v) is 21.2. The van der Waals surface area contributed by atoms with Gasteiger partial charge in [-0.1, -0.05) is 53.5 Å². The van der Waals surface area contributed by atoms with E-state index < -0.39 is 42.2 Å². The third-order valence-electron chi connectivity index (χ3n) is 6.33. The zero-order valence-electron chi connectivity index (χ0n) is 19.7. The number of ketones is 1. The molecular weight excluding hydrogens is 544 g/mol. The summed E-state index contributed by atoms with van der Waals surface area (Å²) in [7, 11) is 0. The summed E-state index contributed by atoms with van der Waals surface area (Å²) in [6, 6.07) is 15.8. The summed E-state index contributed by atoms with van der Waals surface area (Å²) in [5.41, 5.74) is 1.07. The molecule has 0 aromatic heterocycles. The van der Waals surface area contributed by atoms with Crippen molar-refractivity contribution < 1.29 is 32.7 Å². The normalized spacial score (nSPS) is 17.0. The highest BCUT2D eigenvalue weighted by Crippen LogP contribution is 2.46. The van der Waals surface area contributed by atoms with Gasteiger partial charge in [-0.15, -0.1) is 0 Å². The largest absolute Gasteiger partial charge is 0.481 e. The minimum absolute atomic E-state index is 0.113. The van der Waals surface area contributed by atoms with Crippen LogP contribution in [0, 0.1) is 5.41 Å². The number of urea groups is 1. The molecule has 3 N–H and O–H groups in total. The van der Waals surface area contributed by atoms with Gasteiger partial charge < -0.3 is 15.7 Å². The molecular formula is C27H21Cl2F3N2O4. The van der Waals surface area contributed by atoms with Crippen LogP contribution in [0.4, 0.5) is 29.3 Å². The number of carbonyl (C=O) groups excluding carboxylic acids is 2. The fourth-order valence-electron chi connectivity index (χ4n) is 4.71. The van der Waals surface area contributed by atoms with Gasteiger partial charge in [-0.3, -0.25) is 9.59 Å². The van der Waals surface area contributed by atoms with Gasteiger partial charge in [-0.2, -0.15) is 13.2 Å². The summed E-state index contributed by atoms with van der Waals surface area (Å²) in [6.07, 6.45) is -7.08. The highest BCUT2D eigenvalue weighted by molar-refractivity contribution is 6.35. The Morgan fingerprint density at radius 2 is 1.50 bits per heavy atom. The van der Waals surface area contributed by atoms with Crippen LogP contribution in [0.15, 0.2) is 60.7 Å². The molecule has 11 heteroatoms. The van der Waals surface area contributed by atoms with Gasteiger partial charge >= 0.3 is 18.2 Å². The lowest BCUT2D eigenvalue weighted by Gasteiger charge is -2.36. The van der Waals surface area contributed by atoms with Crippen molar-refractivity contribution in [2.24, 2.45) is 5.41 Å². The van der Waals surface area contributed by atoms with E-state index in [0.29, 0.717) is 27.0 Å². The molecule has 0 spiro atoms. The predicted octanol–water partition coefficient (Wildman–Crippen LogP) is 7.85. The van der Waals surface area contributed by atoms with Crippen molar-refractivity contribution in [1.29, 1.82) is 0 Å². The molecule has 1 aliphatic rings. The molecule has 0 fully saturated rings. The average molecular weight is 565 g/mol. The lowest BCUT2D eigenvalue weighted by atomic mass is 9.66. The maximum atomic E-state index is 13.2. The van der Waals surface area contributed by atoms with Crippen molar-refractivity contribution in [1.82, 2.24) is 0 Å². The Hall–Kier alpha value is -3.56. The molecule has 0 saturated carbocycles. The van der Waals surface area contributed by atoms with Crippen molar-refractivity contribution in [2.45, 2.75) is 31.9 Å². The van der Waals surface area contributed by atoms with Crippen LogP contribution in [-0.2, 0) is 11.2 Å². The molecule has 3 aromatic carbocycles. The maximum Gasteiger partial charge on any atom is 0.390 e. The van der Waals surface area contributed by atoms with E-state index in [0.717, 1.165) is 11.1 Å². The van der Waals surface area contributed by atoms with Crippen LogP contribution < -0.4 is 10.6 Å². The highest BCUT2D eigenvalue weighted by atomic mass is 35.5. The van der Waals surface area contributed by atoms with Crippen molar-refractivity contribution in [3.05, 3.63) is 81.8 Å². The molecule has 6 nitrogen and oxygen atoms in total. The van der Waals surface area contributed by atoms with Gasteiger partial charge in [0.05, 0.1) is 18.3 Å². The fourth-order valence-corrected chi connectivity index (χ4v) is 5.24. The van der Waals surface area contributed by atoms with Crippen LogP contribution in [0.2, 0.25) is 10.0 Å². The van der Waals surface area contributed by atoms with E-state index in [2.05, 4.69) is 10.6 Å². The Balaban J connectivity index is 1.49. The number of nitrogens with one attached hydrogen (secondary N) is 2. The van der Waals surface area contributed by atoms with E-state index >= 15 is 0 Å². The number of amides is 2. The first-order valence-electron chi connectivity index (χ1n) is 11.4. The Morgan fingerprint density at radius 3 is 2.11 bits per heavy atom. The molecule has 0 unspecified atom stereocenters. The number of carbonyl (C=O) groups is 3. The van der Waals surface area contributed by atoms with Crippen molar-refractivity contribution in [3.63, 3.8) is 0 Å². The lowest BCUT2D eigenvalue weighted by molar-refractivity contribution is -0.160. The number of fused-ring (bicyclic) bond motifs is 1. The molecule has 1 aliphatic carbocycles. The first-order chi connectivity index (χ1) is 17.8. The number of rotatable bonds is 6. The SMILES string of the molecule is O=C(O)C[C@@]1(CC(F)(F)F)CCc2cc(-c3ccc(NC(=O)Nc4cc(Cl)cc(Cl)c4)cc3)ccc2C1=O. The molecule has 0 saturated heterocycles. The van der Waals surface area contributed by atoms with Gasteiger partial charge in [0.25, 0.3) is 0 Å². The smallest absolute Gasteiger partial charge is 0.390 e. The van der Waals surface area contributed by atoms with E-state index in [-0.39, 0.29) is 18.4 Å². The molecule has 2 amide bonds. The predicted molar refractivity (Wildman–Crippen MR) is 139 cm³/mol. The van der Waals surface area contributed by atoms with Gasteiger partial charge in [-0.25, -0.2) is 4.79 Å². The Morgan fingerprint density at radius 1 is 0.895 bits per heavy atom. The zero-order chi connectivity index (χ0) is 27.7. The lowest BCUT2D eigenvalue weighted by Crippen LogP contribution is -2.41. The molecule has 4 rings (SSSR count). The van der Waals surface area contributed by atoms with Crippen LogP contribution in [0.3, 0.4) is 0 Å². The monoisotopic (exact) mass is 564 g/mol. The number of halogens is 5. The van der Waals surface area contributed by atoms with E-state index in [1.165, 1.54) is 12.1 Å². The number of anilines is 2. The Labute approximate surface area is 225 Å². The second kappa shape index (κ2) is 10.7. The van der Waals surface area contributed by atoms with Crippen molar-refractivity contribution in [3.8, 4) is 11.1 Å². The molecule has 0 radical (unpaired) electrons. The van der Waals surface area contributed by atoms with Gasteiger partial charge in [0.1, 0.15) is 0 Å². The summed E-state index contributed by atoms with van der Waals surface area (Å²) in [5, 5.41) is 15.3. The van der Waals surface area contributed by atoms with Crippen LogP contribution >= 0.6 is 23.2 Å². The van der Waals surface area contributed by atoms with Gasteiger partial charge in [0, 0.05) is 27.0 Å². The Bertz CT molecular complexity index is 1390. The maximum absolute atomic E-state index is 13.2. The first kappa shape index (κ1) is 27.5. The third kappa shape index (κ3) is 6.46. The molecule has 1 atom stereocenters. The minimum Gasteiger partial charge on any atom is -0.481 e. The van der Waals surface area contributed by atoms with Crippen molar-refractivity contribution in [2.75, 3.05) is 10.6 Å². The van der Waals surface area contributed by atoms with Crippen LogP contribution in [-0.4, -0.2) is 29.1 Å². The standard InChI is InChI=1S/C27H21Cl2F3N2O4/c28-18-10-19(29)12-21(11-18)34-25(38)33-20-4-1-15(2-5-20)16-3-6-22-17(9-16)7-8-26(24(22)37,13-23(35)36)14-27(30,31)32/h1-6,9-12H,7-8,13-14H2,(H,35,36)(H2,33,34,38)/t26-/m1/s1. The number of carboxylic acids is 1. The second-order valence-electron chi connectivity index (χ2n) is 9.16. The molecule has 0 heterocycles. The number of benzene rings is 3. The van der Waals surface area contributed by atoms with Crippen LogP contribution in [0.25, 0.3) is 11.1 Å². The summed E-state index contributed by atoms with van der Waals surface area (Å²) in [6.45, 7) is 0. The van der Waals surface area contributed by atoms with Crippen molar-refractivity contribution >= 4 is 52.4 Å². The molecule has 38 heavy (non-hydrogen) atoms. The minimum atomic E-state index is -4.67. The first-order valence-corrected chi connectivity index (χ1v) is 12.2. The highest BCUT2D eigenvalue weighted by Gasteiger charge is 2.50. The summed E-state index contributed by atoms with van der Waals surface area (Å²) >= 11 is 11.9. The second-order valence-corrected chi connectivity index (χ2v) is 10.0. The average Bonchev–Trinajstić information content (AvgIpc) is 2.80. The van der Waals surface area contributed by atoms with E-state index in [1.807, 2.05) is 0 Å². The van der Waals surface area contributed by atoms with E-state index in [4.69, 9.17) is 23.2 Å². The number of aryl methyl sites for hydroxylation is 1. The number of aliphatic carboxylic acids is 1. The van der Waals surface area contributed by atoms with E-state index in [1.54, 1.807) is 48.5 Å². The number of carboxylic acid groups (broad SMARTS) is 1. The summed E-state index contributed by atoms with van der Waals surface area (Å²) in [5.74, 6) is -2.24. The molecule has 0 bridgehead atoms.